The Hall–Kier alpha value is -5.12. The third-order valence-corrected chi connectivity index (χ3v) is 9.57. The molecule has 0 unspecified atom stereocenters. The largest absolute Gasteiger partial charge is 0.281 e. The molecule has 0 saturated carbocycles. The van der Waals surface area contributed by atoms with Crippen molar-refractivity contribution in [3.05, 3.63) is 138 Å². The standard InChI is InChI=1S/C37H35N5O3S/c1-3-23-40(24-4-2)46(44,45)33-22-14-17-29(25-33)35-30(27-41(38-35)31-18-10-6-11-19-31)26-34-36(28-15-8-5-9-16-28)39-42(37(34)43)32-20-12-7-13-21-32/h5-22,25-27H,3-4,23-24H2,1-2H3. The molecule has 0 N–H and O–H groups in total. The quantitative estimate of drug-likeness (QED) is 0.145. The predicted octanol–water partition coefficient (Wildman–Crippen LogP) is 7.18. The number of benzene rings is 4. The second-order valence-electron chi connectivity index (χ2n) is 11.0. The smallest absolute Gasteiger partial charge is 0.267 e. The number of hydrogen-bond acceptors (Lipinski definition) is 5. The highest BCUT2D eigenvalue weighted by molar-refractivity contribution is 7.89. The first-order valence-electron chi connectivity index (χ1n) is 15.4. The highest BCUT2D eigenvalue weighted by Gasteiger charge is 2.33. The van der Waals surface area contributed by atoms with Gasteiger partial charge in [-0.15, -0.1) is 0 Å². The van der Waals surface area contributed by atoms with Crippen LogP contribution < -0.4 is 5.01 Å². The number of amides is 1. The van der Waals surface area contributed by atoms with E-state index in [9.17, 15) is 13.2 Å². The van der Waals surface area contributed by atoms with Crippen molar-refractivity contribution in [1.82, 2.24) is 14.1 Å². The zero-order valence-electron chi connectivity index (χ0n) is 25.8. The van der Waals surface area contributed by atoms with Crippen LogP contribution in [0, 0.1) is 0 Å². The van der Waals surface area contributed by atoms with Gasteiger partial charge in [0.05, 0.1) is 21.8 Å². The van der Waals surface area contributed by atoms with Crippen LogP contribution in [0.15, 0.2) is 137 Å². The second kappa shape index (κ2) is 13.5. The maximum absolute atomic E-state index is 14.0. The predicted molar refractivity (Wildman–Crippen MR) is 183 cm³/mol. The summed E-state index contributed by atoms with van der Waals surface area (Å²) in [7, 11) is -3.72. The minimum atomic E-state index is -3.72. The summed E-state index contributed by atoms with van der Waals surface area (Å²) in [5.41, 5.74) is 5.06. The maximum Gasteiger partial charge on any atom is 0.281 e. The van der Waals surface area contributed by atoms with E-state index in [0.29, 0.717) is 46.9 Å². The van der Waals surface area contributed by atoms with E-state index >= 15 is 0 Å². The van der Waals surface area contributed by atoms with Gasteiger partial charge in [-0.2, -0.15) is 19.5 Å². The first-order chi connectivity index (χ1) is 22.4. The van der Waals surface area contributed by atoms with Gasteiger partial charge < -0.3 is 0 Å². The van der Waals surface area contributed by atoms with Crippen molar-refractivity contribution in [3.63, 3.8) is 0 Å². The Balaban J connectivity index is 1.51. The molecule has 0 aliphatic carbocycles. The molecule has 0 spiro atoms. The van der Waals surface area contributed by atoms with Gasteiger partial charge in [0.2, 0.25) is 10.0 Å². The summed E-state index contributed by atoms with van der Waals surface area (Å²) in [6.07, 6.45) is 5.11. The van der Waals surface area contributed by atoms with Gasteiger partial charge >= 0.3 is 0 Å². The number of para-hydroxylation sites is 2. The van der Waals surface area contributed by atoms with E-state index in [1.807, 2.05) is 117 Å². The summed E-state index contributed by atoms with van der Waals surface area (Å²) >= 11 is 0. The molecule has 1 aliphatic rings. The number of carbonyl (C=O) groups is 1. The van der Waals surface area contributed by atoms with E-state index in [4.69, 9.17) is 10.2 Å². The number of carbonyl (C=O) groups excluding carboxylic acids is 1. The van der Waals surface area contributed by atoms with Crippen LogP contribution in [-0.2, 0) is 14.8 Å². The van der Waals surface area contributed by atoms with E-state index in [0.717, 1.165) is 24.1 Å². The second-order valence-corrected chi connectivity index (χ2v) is 12.9. The Morgan fingerprint density at radius 1 is 0.739 bits per heavy atom. The lowest BCUT2D eigenvalue weighted by Gasteiger charge is -2.21. The van der Waals surface area contributed by atoms with Gasteiger partial charge in [-0.05, 0) is 55.3 Å². The molecule has 1 aromatic heterocycles. The number of rotatable bonds is 11. The molecule has 9 heteroatoms. The third kappa shape index (κ3) is 6.20. The van der Waals surface area contributed by atoms with Gasteiger partial charge in [0, 0.05) is 36.0 Å². The Labute approximate surface area is 270 Å². The summed E-state index contributed by atoms with van der Waals surface area (Å²) in [6, 6.07) is 35.5. The number of hydrogen-bond donors (Lipinski definition) is 0. The minimum absolute atomic E-state index is 0.207. The highest BCUT2D eigenvalue weighted by Crippen LogP contribution is 2.32. The van der Waals surface area contributed by atoms with E-state index in [1.54, 1.807) is 29.0 Å². The monoisotopic (exact) mass is 629 g/mol. The lowest BCUT2D eigenvalue weighted by molar-refractivity contribution is -0.114. The van der Waals surface area contributed by atoms with Crippen molar-refractivity contribution in [2.75, 3.05) is 18.1 Å². The molecule has 8 nitrogen and oxygen atoms in total. The molecule has 0 fully saturated rings. The fourth-order valence-corrected chi connectivity index (χ4v) is 7.16. The van der Waals surface area contributed by atoms with Crippen LogP contribution in [0.2, 0.25) is 0 Å². The van der Waals surface area contributed by atoms with E-state index in [-0.39, 0.29) is 10.8 Å². The topological polar surface area (TPSA) is 87.9 Å². The SMILES string of the molecule is CCCN(CCC)S(=O)(=O)c1cccc(-c2nn(-c3ccccc3)cc2C=C2C(=O)N(c3ccccc3)N=C2c2ccccc2)c1. The highest BCUT2D eigenvalue weighted by atomic mass is 32.2. The van der Waals surface area contributed by atoms with Crippen LogP contribution in [0.25, 0.3) is 23.0 Å². The minimum Gasteiger partial charge on any atom is -0.267 e. The number of sulfonamides is 1. The average molecular weight is 630 g/mol. The molecule has 1 amide bonds. The summed E-state index contributed by atoms with van der Waals surface area (Å²) in [4.78, 5) is 14.2. The molecular formula is C37H35N5O3S. The van der Waals surface area contributed by atoms with Crippen LogP contribution in [-0.4, -0.2) is 47.2 Å². The van der Waals surface area contributed by atoms with Gasteiger partial charge in [0.1, 0.15) is 11.4 Å². The maximum atomic E-state index is 14.0. The van der Waals surface area contributed by atoms with Crippen molar-refractivity contribution in [2.45, 2.75) is 31.6 Å². The van der Waals surface area contributed by atoms with Crippen LogP contribution in [0.4, 0.5) is 5.69 Å². The van der Waals surface area contributed by atoms with Gasteiger partial charge in [-0.1, -0.05) is 92.7 Å². The molecule has 5 aromatic rings. The zero-order chi connectivity index (χ0) is 32.1. The van der Waals surface area contributed by atoms with Crippen molar-refractivity contribution in [3.8, 4) is 16.9 Å². The Kier molecular flexibility index (Phi) is 9.05. The molecule has 0 radical (unpaired) electrons. The first kappa shape index (κ1) is 30.9. The molecule has 1 aliphatic heterocycles. The number of hydrazone groups is 1. The van der Waals surface area contributed by atoms with Gasteiger partial charge in [0.15, 0.2) is 0 Å². The Morgan fingerprint density at radius 2 is 1.33 bits per heavy atom. The fraction of sp³-hybridized carbons (Fsp3) is 0.162. The first-order valence-corrected chi connectivity index (χ1v) is 16.9. The van der Waals surface area contributed by atoms with E-state index < -0.39 is 10.0 Å². The molecule has 2 heterocycles. The van der Waals surface area contributed by atoms with Crippen LogP contribution >= 0.6 is 0 Å². The lowest BCUT2D eigenvalue weighted by atomic mass is 9.99. The zero-order valence-corrected chi connectivity index (χ0v) is 26.6. The average Bonchev–Trinajstić information content (AvgIpc) is 3.67. The molecular weight excluding hydrogens is 595 g/mol. The summed E-state index contributed by atoms with van der Waals surface area (Å²) in [6.45, 7) is 4.84. The lowest BCUT2D eigenvalue weighted by Crippen LogP contribution is -2.32. The normalized spacial score (nSPS) is 14.3. The summed E-state index contributed by atoms with van der Waals surface area (Å²) in [5.74, 6) is -0.269. The number of nitrogens with zero attached hydrogens (tertiary/aromatic N) is 5. The van der Waals surface area contributed by atoms with Crippen molar-refractivity contribution in [1.29, 1.82) is 0 Å². The fourth-order valence-electron chi connectivity index (χ4n) is 5.49. The molecule has 0 bridgehead atoms. The molecule has 0 saturated heterocycles. The van der Waals surface area contributed by atoms with Gasteiger partial charge in [-0.3, -0.25) is 4.79 Å². The van der Waals surface area contributed by atoms with Crippen molar-refractivity contribution in [2.24, 2.45) is 5.10 Å². The molecule has 232 valence electrons. The molecule has 4 aromatic carbocycles. The summed E-state index contributed by atoms with van der Waals surface area (Å²) in [5, 5.41) is 11.1. The van der Waals surface area contributed by atoms with Crippen molar-refractivity contribution < 1.29 is 13.2 Å². The third-order valence-electron chi connectivity index (χ3n) is 7.68. The van der Waals surface area contributed by atoms with Gasteiger partial charge in [-0.25, -0.2) is 13.1 Å². The van der Waals surface area contributed by atoms with Crippen LogP contribution in [0.5, 0.6) is 0 Å². The Bertz CT molecular complexity index is 2000. The summed E-state index contributed by atoms with van der Waals surface area (Å²) < 4.78 is 30.7. The van der Waals surface area contributed by atoms with Crippen LogP contribution in [0.1, 0.15) is 37.8 Å². The Morgan fingerprint density at radius 3 is 1.96 bits per heavy atom. The molecule has 6 rings (SSSR count). The van der Waals surface area contributed by atoms with E-state index in [1.165, 1.54) is 9.31 Å². The van der Waals surface area contributed by atoms with Crippen molar-refractivity contribution >= 4 is 33.4 Å². The number of aromatic nitrogens is 2. The van der Waals surface area contributed by atoms with Crippen LogP contribution in [0.3, 0.4) is 0 Å². The van der Waals surface area contributed by atoms with Gasteiger partial charge in [0.25, 0.3) is 5.91 Å². The molecule has 0 atom stereocenters. The number of anilines is 1. The van der Waals surface area contributed by atoms with E-state index in [2.05, 4.69) is 0 Å². The molecule has 46 heavy (non-hydrogen) atoms.